The maximum absolute atomic E-state index is 13.3. The van der Waals surface area contributed by atoms with Crippen molar-refractivity contribution < 1.29 is 19.1 Å². The van der Waals surface area contributed by atoms with Crippen molar-refractivity contribution in [3.63, 3.8) is 0 Å². The third-order valence-corrected chi connectivity index (χ3v) is 6.08. The highest BCUT2D eigenvalue weighted by atomic mass is 79.9. The van der Waals surface area contributed by atoms with Gasteiger partial charge in [-0.3, -0.25) is 9.59 Å². The van der Waals surface area contributed by atoms with E-state index in [2.05, 4.69) is 35.1 Å². The molecule has 7 heteroatoms. The Labute approximate surface area is 205 Å². The first-order valence-corrected chi connectivity index (χ1v) is 12.3. The van der Waals surface area contributed by atoms with Crippen molar-refractivity contribution in [3.05, 3.63) is 58.1 Å². The van der Waals surface area contributed by atoms with Crippen LogP contribution in [0.1, 0.15) is 51.2 Å². The molecule has 0 radical (unpaired) electrons. The van der Waals surface area contributed by atoms with Crippen LogP contribution in [0.4, 0.5) is 0 Å². The summed E-state index contributed by atoms with van der Waals surface area (Å²) in [4.78, 5) is 27.8. The Kier molecular flexibility index (Phi) is 11.2. The Morgan fingerprint density at radius 1 is 1.09 bits per heavy atom. The van der Waals surface area contributed by atoms with Crippen LogP contribution in [-0.4, -0.2) is 43.0 Å². The van der Waals surface area contributed by atoms with Crippen molar-refractivity contribution in [3.8, 4) is 11.5 Å². The van der Waals surface area contributed by atoms with Crippen molar-refractivity contribution in [2.45, 2.75) is 59.0 Å². The van der Waals surface area contributed by atoms with E-state index in [-0.39, 0.29) is 25.0 Å². The summed E-state index contributed by atoms with van der Waals surface area (Å²) in [7, 11) is 1.60. The molecule has 6 nitrogen and oxygen atoms in total. The van der Waals surface area contributed by atoms with Gasteiger partial charge < -0.3 is 19.7 Å². The largest absolute Gasteiger partial charge is 0.497 e. The van der Waals surface area contributed by atoms with E-state index in [4.69, 9.17) is 9.47 Å². The molecule has 33 heavy (non-hydrogen) atoms. The van der Waals surface area contributed by atoms with E-state index in [0.29, 0.717) is 24.5 Å². The lowest BCUT2D eigenvalue weighted by Gasteiger charge is -2.30. The highest BCUT2D eigenvalue weighted by Crippen LogP contribution is 2.26. The van der Waals surface area contributed by atoms with Crippen LogP contribution < -0.4 is 14.8 Å². The molecule has 0 saturated heterocycles. The molecule has 0 spiro atoms. The van der Waals surface area contributed by atoms with Crippen LogP contribution in [0.2, 0.25) is 0 Å². The second-order valence-electron chi connectivity index (χ2n) is 7.85. The number of nitrogens with zero attached hydrogens (tertiary/aromatic N) is 1. The fourth-order valence-corrected chi connectivity index (χ4v) is 4.04. The number of aryl methyl sites for hydroxylation is 1. The zero-order chi connectivity index (χ0) is 24.2. The zero-order valence-electron chi connectivity index (χ0n) is 20.0. The van der Waals surface area contributed by atoms with Crippen molar-refractivity contribution >= 4 is 27.7 Å². The lowest BCUT2D eigenvalue weighted by Crippen LogP contribution is -2.50. The molecule has 180 valence electrons. The predicted molar refractivity (Wildman–Crippen MR) is 135 cm³/mol. The number of hydrogen-bond acceptors (Lipinski definition) is 4. The van der Waals surface area contributed by atoms with E-state index < -0.39 is 6.04 Å². The van der Waals surface area contributed by atoms with Crippen LogP contribution in [0, 0.1) is 0 Å². The molecule has 0 aromatic heterocycles. The standard InChI is InChI=1S/C26H35BrN2O4/c1-5-8-14-28-26(31)23(7-3)29(17-20-10-9-11-21(15-20)32-4)25(30)18-33-24-13-12-19(6-2)16-22(24)27/h9-13,15-16,23H,5-8,14,17-18H2,1-4H3,(H,28,31)/t23-/m0/s1. The molecule has 0 unspecified atom stereocenters. The van der Waals surface area contributed by atoms with E-state index in [9.17, 15) is 9.59 Å². The van der Waals surface area contributed by atoms with E-state index in [1.807, 2.05) is 49.4 Å². The lowest BCUT2D eigenvalue weighted by molar-refractivity contribution is -0.143. The molecular formula is C26H35BrN2O4. The van der Waals surface area contributed by atoms with Gasteiger partial charge in [0.1, 0.15) is 17.5 Å². The molecule has 0 saturated carbocycles. The molecule has 0 aliphatic heterocycles. The van der Waals surface area contributed by atoms with Gasteiger partial charge in [0.15, 0.2) is 6.61 Å². The monoisotopic (exact) mass is 518 g/mol. The van der Waals surface area contributed by atoms with E-state index >= 15 is 0 Å². The summed E-state index contributed by atoms with van der Waals surface area (Å²) in [5.41, 5.74) is 2.06. The van der Waals surface area contributed by atoms with Crippen molar-refractivity contribution in [1.82, 2.24) is 10.2 Å². The third-order valence-electron chi connectivity index (χ3n) is 5.46. The van der Waals surface area contributed by atoms with Crippen molar-refractivity contribution in [1.29, 1.82) is 0 Å². The molecule has 2 amide bonds. The summed E-state index contributed by atoms with van der Waals surface area (Å²) in [5.74, 6) is 0.913. The van der Waals surface area contributed by atoms with Gasteiger partial charge >= 0.3 is 0 Å². The third kappa shape index (κ3) is 8.07. The molecular weight excluding hydrogens is 484 g/mol. The Hall–Kier alpha value is -2.54. The number of rotatable bonds is 13. The minimum absolute atomic E-state index is 0.143. The van der Waals surface area contributed by atoms with Gasteiger partial charge in [-0.15, -0.1) is 0 Å². The maximum atomic E-state index is 13.3. The molecule has 1 N–H and O–H groups in total. The molecule has 2 aromatic rings. The summed E-state index contributed by atoms with van der Waals surface area (Å²) in [6, 6.07) is 12.8. The predicted octanol–water partition coefficient (Wildman–Crippen LogP) is 5.12. The highest BCUT2D eigenvalue weighted by Gasteiger charge is 2.29. The van der Waals surface area contributed by atoms with Crippen LogP contribution in [-0.2, 0) is 22.6 Å². The number of hydrogen-bond donors (Lipinski definition) is 1. The fourth-order valence-electron chi connectivity index (χ4n) is 3.50. The number of ether oxygens (including phenoxy) is 2. The highest BCUT2D eigenvalue weighted by molar-refractivity contribution is 9.10. The Morgan fingerprint density at radius 2 is 1.88 bits per heavy atom. The first kappa shape index (κ1) is 26.7. The van der Waals surface area contributed by atoms with E-state index in [1.165, 1.54) is 5.56 Å². The van der Waals surface area contributed by atoms with Gasteiger partial charge in [0.05, 0.1) is 11.6 Å². The summed E-state index contributed by atoms with van der Waals surface area (Å²) >= 11 is 3.52. The minimum atomic E-state index is -0.588. The van der Waals surface area contributed by atoms with Gasteiger partial charge in [0.25, 0.3) is 5.91 Å². The number of benzene rings is 2. The quantitative estimate of drug-likeness (QED) is 0.373. The van der Waals surface area contributed by atoms with Crippen LogP contribution in [0.25, 0.3) is 0 Å². The Balaban J connectivity index is 2.21. The summed E-state index contributed by atoms with van der Waals surface area (Å²) < 4.78 is 12.0. The lowest BCUT2D eigenvalue weighted by atomic mass is 10.1. The molecule has 0 bridgehead atoms. The average molecular weight is 519 g/mol. The smallest absolute Gasteiger partial charge is 0.261 e. The maximum Gasteiger partial charge on any atom is 0.261 e. The van der Waals surface area contributed by atoms with E-state index in [1.54, 1.807) is 12.0 Å². The van der Waals surface area contributed by atoms with Crippen LogP contribution in [0.5, 0.6) is 11.5 Å². The van der Waals surface area contributed by atoms with Crippen LogP contribution in [0.3, 0.4) is 0 Å². The minimum Gasteiger partial charge on any atom is -0.497 e. The van der Waals surface area contributed by atoms with Gasteiger partial charge in [0.2, 0.25) is 5.91 Å². The average Bonchev–Trinajstić information content (AvgIpc) is 2.83. The van der Waals surface area contributed by atoms with E-state index in [0.717, 1.165) is 29.3 Å². The van der Waals surface area contributed by atoms with Gasteiger partial charge in [0, 0.05) is 13.1 Å². The van der Waals surface area contributed by atoms with Crippen LogP contribution in [0.15, 0.2) is 46.9 Å². The fraction of sp³-hybridized carbons (Fsp3) is 0.462. The molecule has 0 aliphatic rings. The number of unbranched alkanes of at least 4 members (excludes halogenated alkanes) is 1. The van der Waals surface area contributed by atoms with Crippen molar-refractivity contribution in [2.75, 3.05) is 20.3 Å². The Bertz CT molecular complexity index is 919. The number of amides is 2. The Morgan fingerprint density at radius 3 is 2.52 bits per heavy atom. The molecule has 2 aromatic carbocycles. The number of methoxy groups -OCH3 is 1. The first-order chi connectivity index (χ1) is 15.9. The van der Waals surface area contributed by atoms with Gasteiger partial charge in [-0.25, -0.2) is 0 Å². The number of carbonyl (C=O) groups excluding carboxylic acids is 2. The summed E-state index contributed by atoms with van der Waals surface area (Å²) in [5, 5.41) is 2.97. The summed E-state index contributed by atoms with van der Waals surface area (Å²) in [6.45, 7) is 6.79. The van der Waals surface area contributed by atoms with Gasteiger partial charge in [-0.1, -0.05) is 45.4 Å². The SMILES string of the molecule is CCCCNC(=O)[C@H](CC)N(Cc1cccc(OC)c1)C(=O)COc1ccc(CC)cc1Br. The number of halogens is 1. The second kappa shape index (κ2) is 13.9. The molecule has 0 aliphatic carbocycles. The molecule has 0 heterocycles. The number of carbonyl (C=O) groups is 2. The molecule has 2 rings (SSSR count). The molecule has 0 fully saturated rings. The zero-order valence-corrected chi connectivity index (χ0v) is 21.6. The van der Waals surface area contributed by atoms with Gasteiger partial charge in [-0.2, -0.15) is 0 Å². The topological polar surface area (TPSA) is 67.9 Å². The molecule has 1 atom stereocenters. The normalized spacial score (nSPS) is 11.5. The summed E-state index contributed by atoms with van der Waals surface area (Å²) in [6.07, 6.45) is 3.31. The first-order valence-electron chi connectivity index (χ1n) is 11.5. The van der Waals surface area contributed by atoms with Crippen molar-refractivity contribution in [2.24, 2.45) is 0 Å². The number of nitrogens with one attached hydrogen (secondary N) is 1. The van der Waals surface area contributed by atoms with Crippen LogP contribution >= 0.6 is 15.9 Å². The second-order valence-corrected chi connectivity index (χ2v) is 8.70. The van der Waals surface area contributed by atoms with Gasteiger partial charge in [-0.05, 0) is 70.6 Å².